The van der Waals surface area contributed by atoms with Crippen LogP contribution in [0.25, 0.3) is 0 Å². The number of aromatic nitrogens is 2. The van der Waals surface area contributed by atoms with Crippen molar-refractivity contribution >= 4 is 5.91 Å². The number of unbranched alkanes of at least 4 members (excludes halogenated alkanes) is 1. The van der Waals surface area contributed by atoms with E-state index in [9.17, 15) is 4.79 Å². The first-order valence-corrected chi connectivity index (χ1v) is 7.85. The summed E-state index contributed by atoms with van der Waals surface area (Å²) in [7, 11) is 0. The van der Waals surface area contributed by atoms with Crippen molar-refractivity contribution < 1.29 is 9.53 Å². The van der Waals surface area contributed by atoms with E-state index in [1.54, 1.807) is 0 Å². The van der Waals surface area contributed by atoms with Crippen LogP contribution >= 0.6 is 0 Å². The van der Waals surface area contributed by atoms with Crippen molar-refractivity contribution in [1.29, 1.82) is 0 Å². The lowest BCUT2D eigenvalue weighted by molar-refractivity contribution is -0.133. The summed E-state index contributed by atoms with van der Waals surface area (Å²) in [6.07, 6.45) is 4.62. The summed E-state index contributed by atoms with van der Waals surface area (Å²) in [5, 5.41) is 0. The number of aryl methyl sites for hydroxylation is 2. The van der Waals surface area contributed by atoms with Crippen LogP contribution < -0.4 is 4.74 Å². The van der Waals surface area contributed by atoms with Crippen molar-refractivity contribution in [2.24, 2.45) is 0 Å². The van der Waals surface area contributed by atoms with Crippen LogP contribution in [-0.4, -0.2) is 40.0 Å². The number of ether oxygens (including phenoxy) is 1. The van der Waals surface area contributed by atoms with Gasteiger partial charge in [-0.15, -0.1) is 0 Å². The number of hydrogen-bond acceptors (Lipinski definition) is 4. The molecule has 1 fully saturated rings. The van der Waals surface area contributed by atoms with Gasteiger partial charge in [0.15, 0.2) is 0 Å². The quantitative estimate of drug-likeness (QED) is 0.837. The minimum Gasteiger partial charge on any atom is -0.474 e. The van der Waals surface area contributed by atoms with Gasteiger partial charge in [-0.2, -0.15) is 4.98 Å². The van der Waals surface area contributed by atoms with Gasteiger partial charge in [0.2, 0.25) is 11.8 Å². The molecule has 5 heteroatoms. The summed E-state index contributed by atoms with van der Waals surface area (Å²) in [4.78, 5) is 22.5. The van der Waals surface area contributed by atoms with E-state index >= 15 is 0 Å². The Labute approximate surface area is 126 Å². The Kier molecular flexibility index (Phi) is 5.53. The first-order chi connectivity index (χ1) is 10.1. The molecule has 1 aromatic heterocycles. The van der Waals surface area contributed by atoms with Crippen LogP contribution in [0.2, 0.25) is 0 Å². The van der Waals surface area contributed by atoms with E-state index in [0.29, 0.717) is 12.3 Å². The van der Waals surface area contributed by atoms with Gasteiger partial charge in [0.25, 0.3) is 0 Å². The monoisotopic (exact) mass is 291 g/mol. The highest BCUT2D eigenvalue weighted by Crippen LogP contribution is 2.18. The third-order valence-electron chi connectivity index (χ3n) is 3.77. The van der Waals surface area contributed by atoms with Gasteiger partial charge in [0.1, 0.15) is 11.9 Å². The highest BCUT2D eigenvalue weighted by atomic mass is 16.5. The molecule has 1 saturated heterocycles. The van der Waals surface area contributed by atoms with Crippen molar-refractivity contribution in [2.75, 3.05) is 13.1 Å². The molecule has 2 rings (SSSR count). The van der Waals surface area contributed by atoms with Crippen molar-refractivity contribution in [1.82, 2.24) is 14.9 Å². The molecule has 5 nitrogen and oxygen atoms in total. The number of carbonyl (C=O) groups excluding carboxylic acids is 1. The van der Waals surface area contributed by atoms with Crippen LogP contribution in [0.1, 0.15) is 50.5 Å². The third-order valence-corrected chi connectivity index (χ3v) is 3.77. The van der Waals surface area contributed by atoms with Crippen molar-refractivity contribution in [3.63, 3.8) is 0 Å². The molecule has 1 amide bonds. The predicted molar refractivity (Wildman–Crippen MR) is 81.3 cm³/mol. The van der Waals surface area contributed by atoms with E-state index in [2.05, 4.69) is 16.9 Å². The molecule has 0 atom stereocenters. The molecule has 1 aromatic rings. The van der Waals surface area contributed by atoms with Crippen LogP contribution in [0.3, 0.4) is 0 Å². The Morgan fingerprint density at radius 2 is 2.05 bits per heavy atom. The molecular formula is C16H25N3O2. The molecule has 1 aliphatic rings. The fourth-order valence-corrected chi connectivity index (χ4v) is 2.62. The van der Waals surface area contributed by atoms with Gasteiger partial charge in [0, 0.05) is 44.1 Å². The molecule has 0 radical (unpaired) electrons. The summed E-state index contributed by atoms with van der Waals surface area (Å²) in [5.41, 5.74) is 0.921. The van der Waals surface area contributed by atoms with E-state index in [-0.39, 0.29) is 12.0 Å². The largest absolute Gasteiger partial charge is 0.474 e. The van der Waals surface area contributed by atoms with E-state index in [1.807, 2.05) is 24.8 Å². The van der Waals surface area contributed by atoms with Gasteiger partial charge in [-0.05, 0) is 20.3 Å². The molecule has 1 aliphatic heterocycles. The van der Waals surface area contributed by atoms with Gasteiger partial charge in [-0.25, -0.2) is 4.98 Å². The first-order valence-electron chi connectivity index (χ1n) is 7.85. The number of hydrogen-bond donors (Lipinski definition) is 0. The molecule has 116 valence electrons. The Balaban J connectivity index is 1.82. The zero-order valence-electron chi connectivity index (χ0n) is 13.3. The Morgan fingerprint density at radius 1 is 1.33 bits per heavy atom. The molecule has 0 aromatic carbocycles. The molecule has 21 heavy (non-hydrogen) atoms. The second kappa shape index (κ2) is 7.38. The molecule has 0 saturated carbocycles. The lowest BCUT2D eigenvalue weighted by Gasteiger charge is -2.32. The van der Waals surface area contributed by atoms with Crippen LogP contribution in [0.4, 0.5) is 0 Å². The van der Waals surface area contributed by atoms with Gasteiger partial charge < -0.3 is 9.64 Å². The van der Waals surface area contributed by atoms with Crippen LogP contribution in [0, 0.1) is 13.8 Å². The maximum Gasteiger partial charge on any atom is 0.222 e. The standard InChI is InChI=1S/C16H25N3O2/c1-4-5-6-16(20)19-9-7-14(8-10-19)21-15-11-12(2)17-13(3)18-15/h11,14H,4-10H2,1-3H3. The van der Waals surface area contributed by atoms with Crippen LogP contribution in [-0.2, 0) is 4.79 Å². The second-order valence-electron chi connectivity index (χ2n) is 5.70. The van der Waals surface area contributed by atoms with Crippen molar-refractivity contribution in [3.05, 3.63) is 17.6 Å². The minimum absolute atomic E-state index is 0.147. The highest BCUT2D eigenvalue weighted by molar-refractivity contribution is 5.76. The first kappa shape index (κ1) is 15.7. The average Bonchev–Trinajstić information content (AvgIpc) is 2.44. The molecular weight excluding hydrogens is 266 g/mol. The highest BCUT2D eigenvalue weighted by Gasteiger charge is 2.23. The fourth-order valence-electron chi connectivity index (χ4n) is 2.62. The zero-order chi connectivity index (χ0) is 15.2. The summed E-state index contributed by atoms with van der Waals surface area (Å²) in [5.74, 6) is 1.66. The number of piperidine rings is 1. The molecule has 2 heterocycles. The van der Waals surface area contributed by atoms with E-state index in [1.165, 1.54) is 0 Å². The topological polar surface area (TPSA) is 55.3 Å². The van der Waals surface area contributed by atoms with E-state index < -0.39 is 0 Å². The third kappa shape index (κ3) is 4.69. The van der Waals surface area contributed by atoms with Crippen LogP contribution in [0.15, 0.2) is 6.07 Å². The molecule has 0 spiro atoms. The summed E-state index contributed by atoms with van der Waals surface area (Å²) < 4.78 is 5.94. The lowest BCUT2D eigenvalue weighted by atomic mass is 10.1. The van der Waals surface area contributed by atoms with Crippen molar-refractivity contribution in [3.8, 4) is 5.88 Å². The molecule has 0 bridgehead atoms. The van der Waals surface area contributed by atoms with Gasteiger partial charge in [-0.3, -0.25) is 4.79 Å². The SMILES string of the molecule is CCCCC(=O)N1CCC(Oc2cc(C)nc(C)n2)CC1. The summed E-state index contributed by atoms with van der Waals surface area (Å²) in [6, 6.07) is 1.87. The van der Waals surface area contributed by atoms with E-state index in [0.717, 1.165) is 50.3 Å². The van der Waals surface area contributed by atoms with Crippen LogP contribution in [0.5, 0.6) is 5.88 Å². The fraction of sp³-hybridized carbons (Fsp3) is 0.688. The van der Waals surface area contributed by atoms with Crippen molar-refractivity contribution in [2.45, 2.75) is 59.0 Å². The lowest BCUT2D eigenvalue weighted by Crippen LogP contribution is -2.41. The van der Waals surface area contributed by atoms with Gasteiger partial charge >= 0.3 is 0 Å². The number of rotatable bonds is 5. The van der Waals surface area contributed by atoms with E-state index in [4.69, 9.17) is 4.74 Å². The normalized spacial score (nSPS) is 16.0. The predicted octanol–water partition coefficient (Wildman–Crippen LogP) is 2.65. The zero-order valence-corrected chi connectivity index (χ0v) is 13.3. The Morgan fingerprint density at radius 3 is 2.67 bits per heavy atom. The summed E-state index contributed by atoms with van der Waals surface area (Å²) in [6.45, 7) is 7.50. The number of nitrogens with zero attached hydrogens (tertiary/aromatic N) is 3. The number of carbonyl (C=O) groups is 1. The maximum absolute atomic E-state index is 12.0. The number of amides is 1. The maximum atomic E-state index is 12.0. The Bertz CT molecular complexity index is 462. The Hall–Kier alpha value is -1.65. The molecule has 0 N–H and O–H groups in total. The van der Waals surface area contributed by atoms with Gasteiger partial charge in [0.05, 0.1) is 0 Å². The smallest absolute Gasteiger partial charge is 0.222 e. The number of likely N-dealkylation sites (tertiary alicyclic amines) is 1. The summed E-state index contributed by atoms with van der Waals surface area (Å²) >= 11 is 0. The second-order valence-corrected chi connectivity index (χ2v) is 5.70. The molecule has 0 unspecified atom stereocenters. The van der Waals surface area contributed by atoms with Gasteiger partial charge in [-0.1, -0.05) is 13.3 Å². The minimum atomic E-state index is 0.147. The molecule has 0 aliphatic carbocycles. The average molecular weight is 291 g/mol.